The van der Waals surface area contributed by atoms with Gasteiger partial charge in [-0.2, -0.15) is 15.0 Å². The molecule has 1 fully saturated rings. The molecule has 1 N–H and O–H groups in total. The third-order valence-electron chi connectivity index (χ3n) is 3.08. The number of aromatic nitrogens is 3. The SMILES string of the molecule is O=C([O-])CCCNc1nc(Cl)nc(N2CCCCC2)n1. The highest BCUT2D eigenvalue weighted by molar-refractivity contribution is 6.28. The lowest BCUT2D eigenvalue weighted by Crippen LogP contribution is -2.31. The van der Waals surface area contributed by atoms with E-state index < -0.39 is 5.97 Å². The number of carboxylic acids is 1. The number of nitrogens with one attached hydrogen (secondary N) is 1. The molecule has 1 saturated heterocycles. The number of hydrogen-bond donors (Lipinski definition) is 1. The van der Waals surface area contributed by atoms with Gasteiger partial charge in [0.15, 0.2) is 0 Å². The molecule has 2 rings (SSSR count). The number of piperidine rings is 1. The highest BCUT2D eigenvalue weighted by Gasteiger charge is 2.15. The van der Waals surface area contributed by atoms with Crippen LogP contribution in [0.25, 0.3) is 0 Å². The van der Waals surface area contributed by atoms with E-state index in [1.807, 2.05) is 0 Å². The summed E-state index contributed by atoms with van der Waals surface area (Å²) in [6.45, 7) is 2.29. The van der Waals surface area contributed by atoms with Crippen molar-refractivity contribution in [2.24, 2.45) is 0 Å². The third-order valence-corrected chi connectivity index (χ3v) is 3.25. The van der Waals surface area contributed by atoms with Crippen molar-refractivity contribution in [2.45, 2.75) is 32.1 Å². The molecular weight excluding hydrogens is 282 g/mol. The zero-order valence-electron chi connectivity index (χ0n) is 11.1. The highest BCUT2D eigenvalue weighted by atomic mass is 35.5. The lowest BCUT2D eigenvalue weighted by atomic mass is 10.1. The molecule has 0 aliphatic carbocycles. The molecule has 1 aromatic heterocycles. The normalized spacial score (nSPS) is 15.2. The Morgan fingerprint density at radius 2 is 2.00 bits per heavy atom. The molecule has 0 saturated carbocycles. The van der Waals surface area contributed by atoms with Crippen LogP contribution < -0.4 is 15.3 Å². The van der Waals surface area contributed by atoms with Gasteiger partial charge in [-0.25, -0.2) is 0 Å². The van der Waals surface area contributed by atoms with E-state index in [4.69, 9.17) is 11.6 Å². The van der Waals surface area contributed by atoms with Crippen molar-refractivity contribution in [3.63, 3.8) is 0 Å². The number of hydrogen-bond acceptors (Lipinski definition) is 7. The zero-order chi connectivity index (χ0) is 14.4. The molecule has 0 radical (unpaired) electrons. The monoisotopic (exact) mass is 298 g/mol. The summed E-state index contributed by atoms with van der Waals surface area (Å²) >= 11 is 5.90. The van der Waals surface area contributed by atoms with Gasteiger partial charge in [0.05, 0.1) is 0 Å². The van der Waals surface area contributed by atoms with Crippen molar-refractivity contribution in [3.05, 3.63) is 5.28 Å². The summed E-state index contributed by atoms with van der Waals surface area (Å²) in [6.07, 6.45) is 3.93. The second kappa shape index (κ2) is 7.23. The van der Waals surface area contributed by atoms with Gasteiger partial charge in [0.2, 0.25) is 17.2 Å². The number of nitrogens with zero attached hydrogens (tertiary/aromatic N) is 4. The summed E-state index contributed by atoms with van der Waals surface area (Å²) in [5.41, 5.74) is 0. The number of carbonyl (C=O) groups excluding carboxylic acids is 1. The number of anilines is 2. The van der Waals surface area contributed by atoms with Gasteiger partial charge in [-0.1, -0.05) is 0 Å². The van der Waals surface area contributed by atoms with Gasteiger partial charge >= 0.3 is 0 Å². The Kier molecular flexibility index (Phi) is 5.34. The van der Waals surface area contributed by atoms with Gasteiger partial charge in [-0.3, -0.25) is 0 Å². The maximum Gasteiger partial charge on any atom is 0.231 e. The first-order chi connectivity index (χ1) is 9.65. The summed E-state index contributed by atoms with van der Waals surface area (Å²) in [5, 5.41) is 13.4. The van der Waals surface area contributed by atoms with Gasteiger partial charge in [-0.15, -0.1) is 0 Å². The predicted octanol–water partition coefficient (Wildman–Crippen LogP) is 0.457. The maximum absolute atomic E-state index is 10.3. The van der Waals surface area contributed by atoms with E-state index in [0.717, 1.165) is 25.9 Å². The fourth-order valence-electron chi connectivity index (χ4n) is 2.09. The molecule has 0 aromatic carbocycles. The average Bonchev–Trinajstić information content (AvgIpc) is 2.44. The minimum absolute atomic E-state index is 0.00476. The van der Waals surface area contributed by atoms with E-state index in [2.05, 4.69) is 25.2 Å². The van der Waals surface area contributed by atoms with Crippen LogP contribution in [-0.2, 0) is 4.79 Å². The molecule has 0 spiro atoms. The van der Waals surface area contributed by atoms with Crippen LogP contribution in [0.1, 0.15) is 32.1 Å². The Morgan fingerprint density at radius 1 is 1.25 bits per heavy atom. The number of carboxylic acid groups (broad SMARTS) is 1. The lowest BCUT2D eigenvalue weighted by Gasteiger charge is -2.26. The number of rotatable bonds is 6. The Morgan fingerprint density at radius 3 is 2.70 bits per heavy atom. The molecule has 0 atom stereocenters. The van der Waals surface area contributed by atoms with Crippen molar-refractivity contribution in [1.29, 1.82) is 0 Å². The molecule has 8 heteroatoms. The predicted molar refractivity (Wildman–Crippen MR) is 73.6 cm³/mol. The number of carbonyl (C=O) groups is 1. The van der Waals surface area contributed by atoms with Crippen molar-refractivity contribution < 1.29 is 9.90 Å². The van der Waals surface area contributed by atoms with Gasteiger partial charge in [0, 0.05) is 25.6 Å². The van der Waals surface area contributed by atoms with Crippen LogP contribution in [0, 0.1) is 0 Å². The zero-order valence-corrected chi connectivity index (χ0v) is 11.9. The van der Waals surface area contributed by atoms with Crippen molar-refractivity contribution in [1.82, 2.24) is 15.0 Å². The molecule has 0 amide bonds. The molecule has 110 valence electrons. The van der Waals surface area contributed by atoms with Crippen molar-refractivity contribution in [2.75, 3.05) is 29.9 Å². The molecule has 7 nitrogen and oxygen atoms in total. The summed E-state index contributed by atoms with van der Waals surface area (Å²) in [4.78, 5) is 24.8. The van der Waals surface area contributed by atoms with E-state index >= 15 is 0 Å². The van der Waals surface area contributed by atoms with Gasteiger partial charge < -0.3 is 20.1 Å². The maximum atomic E-state index is 10.3. The van der Waals surface area contributed by atoms with Crippen molar-refractivity contribution in [3.8, 4) is 0 Å². The summed E-state index contributed by atoms with van der Waals surface area (Å²) in [6, 6.07) is 0. The van der Waals surface area contributed by atoms with Gasteiger partial charge in [0.1, 0.15) is 0 Å². The summed E-state index contributed by atoms with van der Waals surface area (Å²) < 4.78 is 0. The third kappa shape index (κ3) is 4.48. The molecule has 0 unspecified atom stereocenters. The Balaban J connectivity index is 1.95. The Bertz CT molecular complexity index is 465. The molecule has 0 bridgehead atoms. The fourth-order valence-corrected chi connectivity index (χ4v) is 2.24. The fraction of sp³-hybridized carbons (Fsp3) is 0.667. The smallest absolute Gasteiger partial charge is 0.231 e. The molecular formula is C12H17ClN5O2-. The van der Waals surface area contributed by atoms with E-state index in [-0.39, 0.29) is 11.7 Å². The first kappa shape index (κ1) is 14.8. The van der Waals surface area contributed by atoms with E-state index in [9.17, 15) is 9.90 Å². The van der Waals surface area contributed by atoms with E-state index in [1.54, 1.807) is 0 Å². The van der Waals surface area contributed by atoms with Gasteiger partial charge in [0.25, 0.3) is 0 Å². The Hall–Kier alpha value is -1.63. The van der Waals surface area contributed by atoms with E-state index in [1.165, 1.54) is 6.42 Å². The molecule has 1 aromatic rings. The highest BCUT2D eigenvalue weighted by Crippen LogP contribution is 2.18. The van der Waals surface area contributed by atoms with Crippen molar-refractivity contribution >= 4 is 29.5 Å². The van der Waals surface area contributed by atoms with Crippen LogP contribution >= 0.6 is 11.6 Å². The standard InChI is InChI=1S/C12H18ClN5O2/c13-10-15-11(14-6-4-5-9(19)20)17-12(16-10)18-7-2-1-3-8-18/h1-8H2,(H,19,20)(H,14,15,16,17)/p-1. The summed E-state index contributed by atoms with van der Waals surface area (Å²) in [7, 11) is 0. The quantitative estimate of drug-likeness (QED) is 0.762. The Labute approximate surface area is 122 Å². The van der Waals surface area contributed by atoms with Crippen LogP contribution in [-0.4, -0.2) is 40.6 Å². The molecule has 2 heterocycles. The average molecular weight is 299 g/mol. The first-order valence-corrected chi connectivity index (χ1v) is 7.13. The van der Waals surface area contributed by atoms with E-state index in [0.29, 0.717) is 24.9 Å². The van der Waals surface area contributed by atoms with Crippen LogP contribution in [0.3, 0.4) is 0 Å². The summed E-state index contributed by atoms with van der Waals surface area (Å²) in [5.74, 6) is -0.106. The first-order valence-electron chi connectivity index (χ1n) is 6.75. The van der Waals surface area contributed by atoms with Crippen LogP contribution in [0.5, 0.6) is 0 Å². The lowest BCUT2D eigenvalue weighted by molar-refractivity contribution is -0.305. The van der Waals surface area contributed by atoms with Crippen LogP contribution in [0.2, 0.25) is 5.28 Å². The van der Waals surface area contributed by atoms with Crippen LogP contribution in [0.15, 0.2) is 0 Å². The second-order valence-corrected chi connectivity index (χ2v) is 5.02. The molecule has 1 aliphatic heterocycles. The van der Waals surface area contributed by atoms with Crippen LogP contribution in [0.4, 0.5) is 11.9 Å². The minimum Gasteiger partial charge on any atom is -0.550 e. The second-order valence-electron chi connectivity index (χ2n) is 4.68. The largest absolute Gasteiger partial charge is 0.550 e. The molecule has 20 heavy (non-hydrogen) atoms. The van der Waals surface area contributed by atoms with Gasteiger partial charge in [-0.05, 0) is 43.7 Å². The topological polar surface area (TPSA) is 94.1 Å². The number of halogens is 1. The molecule has 1 aliphatic rings. The number of aliphatic carboxylic acids is 1. The minimum atomic E-state index is -1.06.